The van der Waals surface area contributed by atoms with Crippen molar-refractivity contribution < 1.29 is 68.6 Å². The molecule has 2 aliphatic rings. The zero-order valence-electron chi connectivity index (χ0n) is 24.4. The third-order valence-electron chi connectivity index (χ3n) is 7.46. The van der Waals surface area contributed by atoms with Crippen LogP contribution in [0.2, 0.25) is 0 Å². The molecule has 240 valence electrons. The lowest BCUT2D eigenvalue weighted by Crippen LogP contribution is -2.61. The van der Waals surface area contributed by atoms with Gasteiger partial charge in [-0.1, -0.05) is 6.07 Å². The lowest BCUT2D eigenvalue weighted by Gasteiger charge is -2.41. The molecule has 1 saturated heterocycles. The van der Waals surface area contributed by atoms with Crippen molar-refractivity contribution in [3.63, 3.8) is 0 Å². The van der Waals surface area contributed by atoms with Crippen LogP contribution in [0.15, 0.2) is 36.4 Å². The van der Waals surface area contributed by atoms with Crippen LogP contribution in [0.5, 0.6) is 23.0 Å². The first-order valence-electron chi connectivity index (χ1n) is 13.6. The van der Waals surface area contributed by atoms with Gasteiger partial charge in [0.05, 0.1) is 26.7 Å². The number of hydrogen-bond donors (Lipinski definition) is 6. The summed E-state index contributed by atoms with van der Waals surface area (Å²) in [6, 6.07) is 8.09. The Morgan fingerprint density at radius 1 is 1.00 bits per heavy atom. The molecule has 0 aliphatic carbocycles. The van der Waals surface area contributed by atoms with Crippen LogP contribution >= 0.6 is 0 Å². The highest BCUT2D eigenvalue weighted by molar-refractivity contribution is 5.87. The smallest absolute Gasteiger partial charge is 0.335 e. The maximum absolute atomic E-state index is 12.5. The average molecular weight is 621 g/mol. The number of aromatic hydroxyl groups is 1. The number of carbonyl (C=O) groups excluding carboxylic acids is 1. The van der Waals surface area contributed by atoms with E-state index in [1.807, 2.05) is 0 Å². The maximum Gasteiger partial charge on any atom is 0.335 e. The first-order chi connectivity index (χ1) is 20.8. The first kappa shape index (κ1) is 33.0. The Labute approximate surface area is 252 Å². The summed E-state index contributed by atoms with van der Waals surface area (Å²) in [5.74, 6) is -1.73. The SMILES string of the molecule is COc1cc(C2Oc3c(OC)cc(C=CC(=O)OCC4OC(OC(C)(C)C(=O)O)C(O)C(O)C4O)cc3C2CO)ccc1O. The molecule has 7 atom stereocenters. The van der Waals surface area contributed by atoms with Gasteiger partial charge in [0.2, 0.25) is 0 Å². The second kappa shape index (κ2) is 13.4. The van der Waals surface area contributed by atoms with Crippen molar-refractivity contribution in [2.45, 2.75) is 62.2 Å². The van der Waals surface area contributed by atoms with E-state index in [-0.39, 0.29) is 18.1 Å². The molecule has 4 rings (SSSR count). The number of aliphatic hydroxyl groups is 4. The topological polar surface area (TPSA) is 211 Å². The second-order valence-electron chi connectivity index (χ2n) is 10.8. The average Bonchev–Trinajstić information content (AvgIpc) is 3.37. The molecule has 44 heavy (non-hydrogen) atoms. The molecule has 6 N–H and O–H groups in total. The molecule has 2 heterocycles. The summed E-state index contributed by atoms with van der Waals surface area (Å²) in [5.41, 5.74) is 0.00593. The van der Waals surface area contributed by atoms with Crippen LogP contribution in [-0.2, 0) is 23.8 Å². The van der Waals surface area contributed by atoms with E-state index in [9.17, 15) is 40.2 Å². The van der Waals surface area contributed by atoms with Gasteiger partial charge in [0, 0.05) is 11.6 Å². The Balaban J connectivity index is 1.46. The van der Waals surface area contributed by atoms with Crippen LogP contribution in [0.25, 0.3) is 6.08 Å². The highest BCUT2D eigenvalue weighted by atomic mass is 16.7. The second-order valence-corrected chi connectivity index (χ2v) is 10.8. The zero-order valence-corrected chi connectivity index (χ0v) is 24.4. The third-order valence-corrected chi connectivity index (χ3v) is 7.46. The lowest BCUT2D eigenvalue weighted by atomic mass is 9.90. The van der Waals surface area contributed by atoms with Gasteiger partial charge in [0.1, 0.15) is 37.1 Å². The predicted molar refractivity (Wildman–Crippen MR) is 150 cm³/mol. The summed E-state index contributed by atoms with van der Waals surface area (Å²) >= 11 is 0. The van der Waals surface area contributed by atoms with Crippen LogP contribution in [0.4, 0.5) is 0 Å². The van der Waals surface area contributed by atoms with Crippen molar-refractivity contribution >= 4 is 18.0 Å². The highest BCUT2D eigenvalue weighted by Gasteiger charge is 2.47. The van der Waals surface area contributed by atoms with Crippen molar-refractivity contribution in [1.82, 2.24) is 0 Å². The molecule has 2 aromatic carbocycles. The maximum atomic E-state index is 12.5. The summed E-state index contributed by atoms with van der Waals surface area (Å²) in [6.45, 7) is 1.61. The van der Waals surface area contributed by atoms with E-state index >= 15 is 0 Å². The Kier molecular flexibility index (Phi) is 10.0. The lowest BCUT2D eigenvalue weighted by molar-refractivity contribution is -0.320. The number of rotatable bonds is 11. The number of hydrogen-bond acceptors (Lipinski definition) is 13. The molecule has 14 nitrogen and oxygen atoms in total. The van der Waals surface area contributed by atoms with Gasteiger partial charge in [-0.25, -0.2) is 9.59 Å². The Morgan fingerprint density at radius 3 is 2.34 bits per heavy atom. The van der Waals surface area contributed by atoms with Gasteiger partial charge in [-0.05, 0) is 55.3 Å². The number of benzene rings is 2. The number of carboxylic acid groups (broad SMARTS) is 1. The predicted octanol–water partition coefficient (Wildman–Crippen LogP) is 0.863. The largest absolute Gasteiger partial charge is 0.504 e. The summed E-state index contributed by atoms with van der Waals surface area (Å²) < 4.78 is 32.8. The number of aliphatic hydroxyl groups excluding tert-OH is 4. The normalized spacial score (nSPS) is 26.6. The molecule has 2 aliphatic heterocycles. The molecular formula is C30H36O14. The Morgan fingerprint density at radius 2 is 1.70 bits per heavy atom. The van der Waals surface area contributed by atoms with Crippen LogP contribution in [0.3, 0.4) is 0 Å². The molecule has 0 aromatic heterocycles. The molecule has 2 aromatic rings. The number of phenolic OH excluding ortho intramolecular Hbond substituents is 1. The van der Waals surface area contributed by atoms with Crippen molar-refractivity contribution in [1.29, 1.82) is 0 Å². The number of fused-ring (bicyclic) bond motifs is 1. The van der Waals surface area contributed by atoms with Gasteiger partial charge >= 0.3 is 11.9 Å². The number of esters is 1. The molecular weight excluding hydrogens is 584 g/mol. The molecule has 0 bridgehead atoms. The van der Waals surface area contributed by atoms with E-state index in [4.69, 9.17) is 28.4 Å². The third kappa shape index (κ3) is 6.75. The highest BCUT2D eigenvalue weighted by Crippen LogP contribution is 2.51. The Hall–Kier alpha value is -3.92. The first-order valence-corrected chi connectivity index (χ1v) is 13.6. The standard InChI is InChI=1S/C30H36O14/c1-30(2,29(37)38)44-28-25(36)24(35)23(34)21(42-28)13-41-22(33)8-5-14-9-16-17(12-31)26(43-27(16)20(10-14)40-4)15-6-7-18(32)19(11-15)39-3/h5-11,17,21,23-26,28,31-32,34-36H,12-13H2,1-4H3,(H,37,38). The molecule has 14 heteroatoms. The van der Waals surface area contributed by atoms with Crippen LogP contribution in [0.1, 0.15) is 42.6 Å². The number of ether oxygens (including phenoxy) is 6. The van der Waals surface area contributed by atoms with E-state index < -0.39 is 66.9 Å². The molecule has 0 spiro atoms. The summed E-state index contributed by atoms with van der Waals surface area (Å²) in [4.78, 5) is 23.9. The van der Waals surface area contributed by atoms with E-state index in [1.54, 1.807) is 24.3 Å². The minimum Gasteiger partial charge on any atom is -0.504 e. The fourth-order valence-corrected chi connectivity index (χ4v) is 4.90. The van der Waals surface area contributed by atoms with Crippen molar-refractivity contribution in [2.24, 2.45) is 0 Å². The van der Waals surface area contributed by atoms with Crippen molar-refractivity contribution in [3.05, 3.63) is 53.1 Å². The van der Waals surface area contributed by atoms with Crippen molar-refractivity contribution in [2.75, 3.05) is 27.4 Å². The number of carbonyl (C=O) groups is 2. The fourth-order valence-electron chi connectivity index (χ4n) is 4.90. The van der Waals surface area contributed by atoms with Gasteiger partial charge < -0.3 is 59.1 Å². The van der Waals surface area contributed by atoms with Crippen LogP contribution in [-0.4, -0.2) is 106 Å². The molecule has 0 saturated carbocycles. The Bertz CT molecular complexity index is 1390. The monoisotopic (exact) mass is 620 g/mol. The number of carboxylic acids is 1. The van der Waals surface area contributed by atoms with Gasteiger partial charge in [-0.15, -0.1) is 0 Å². The van der Waals surface area contributed by atoms with E-state index in [2.05, 4.69) is 0 Å². The summed E-state index contributed by atoms with van der Waals surface area (Å²) in [5, 5.41) is 60.2. The molecule has 0 radical (unpaired) electrons. The number of aliphatic carboxylic acids is 1. The van der Waals surface area contributed by atoms with E-state index in [0.29, 0.717) is 28.2 Å². The van der Waals surface area contributed by atoms with E-state index in [0.717, 1.165) is 6.08 Å². The van der Waals surface area contributed by atoms with Gasteiger partial charge in [0.25, 0.3) is 0 Å². The number of methoxy groups -OCH3 is 2. The van der Waals surface area contributed by atoms with E-state index in [1.165, 1.54) is 40.2 Å². The van der Waals surface area contributed by atoms with Crippen LogP contribution < -0.4 is 14.2 Å². The fraction of sp³-hybridized carbons (Fsp3) is 0.467. The van der Waals surface area contributed by atoms with Gasteiger partial charge in [-0.3, -0.25) is 0 Å². The van der Waals surface area contributed by atoms with Crippen molar-refractivity contribution in [3.8, 4) is 23.0 Å². The summed E-state index contributed by atoms with van der Waals surface area (Å²) in [7, 11) is 2.87. The van der Waals surface area contributed by atoms with Gasteiger partial charge in [0.15, 0.2) is 34.9 Å². The minimum absolute atomic E-state index is 0.0437. The minimum atomic E-state index is -1.79. The molecule has 7 unspecified atom stereocenters. The zero-order chi connectivity index (χ0) is 32.3. The molecule has 0 amide bonds. The quantitative estimate of drug-likeness (QED) is 0.152. The van der Waals surface area contributed by atoms with Gasteiger partial charge in [-0.2, -0.15) is 0 Å². The van der Waals surface area contributed by atoms with Crippen LogP contribution in [0, 0.1) is 0 Å². The number of phenols is 1. The summed E-state index contributed by atoms with van der Waals surface area (Å²) in [6.07, 6.45) is -6.20. The molecule has 1 fully saturated rings.